The van der Waals surface area contributed by atoms with Gasteiger partial charge in [-0.05, 0) is 49.2 Å². The first-order valence-corrected chi connectivity index (χ1v) is 10.5. The Morgan fingerprint density at radius 1 is 1.04 bits per heavy atom. The Morgan fingerprint density at radius 2 is 1.79 bits per heavy atom. The Kier molecular flexibility index (Phi) is 4.64. The second kappa shape index (κ2) is 7.00. The molecule has 28 heavy (non-hydrogen) atoms. The third-order valence-corrected chi connectivity index (χ3v) is 6.49. The van der Waals surface area contributed by atoms with Crippen LogP contribution in [0.15, 0.2) is 59.5 Å². The molecule has 7 heteroatoms. The average molecular weight is 398 g/mol. The number of carbonyl (C=O) groups excluding carboxylic acids is 1. The third-order valence-electron chi connectivity index (χ3n) is 4.97. The van der Waals surface area contributed by atoms with Crippen molar-refractivity contribution in [2.24, 2.45) is 0 Å². The van der Waals surface area contributed by atoms with Crippen LogP contribution in [0.5, 0.6) is 0 Å². The zero-order chi connectivity index (χ0) is 19.9. The minimum atomic E-state index is -3.77. The Morgan fingerprint density at radius 3 is 2.50 bits per heavy atom. The lowest BCUT2D eigenvalue weighted by molar-refractivity contribution is 0.0994. The third kappa shape index (κ3) is 3.06. The molecule has 0 aromatic heterocycles. The molecule has 0 atom stereocenters. The summed E-state index contributed by atoms with van der Waals surface area (Å²) in [6.07, 6.45) is 0.447. The fraction of sp³-hybridized carbons (Fsp3) is 0.190. The molecule has 0 saturated carbocycles. The molecule has 0 fully saturated rings. The Labute approximate surface area is 162 Å². The minimum Gasteiger partial charge on any atom is -0.308 e. The first-order chi connectivity index (χ1) is 13.4. The van der Waals surface area contributed by atoms with Gasteiger partial charge in [0.25, 0.3) is 5.91 Å². The van der Waals surface area contributed by atoms with Gasteiger partial charge in [0, 0.05) is 29.4 Å². The molecule has 3 aromatic rings. The molecule has 5 nitrogen and oxygen atoms in total. The van der Waals surface area contributed by atoms with Crippen molar-refractivity contribution < 1.29 is 17.6 Å². The summed E-state index contributed by atoms with van der Waals surface area (Å²) in [6.45, 7) is 2.60. The van der Waals surface area contributed by atoms with Gasteiger partial charge in [0.1, 0.15) is 5.82 Å². The highest BCUT2D eigenvalue weighted by atomic mass is 32.2. The van der Waals surface area contributed by atoms with E-state index >= 15 is 0 Å². The molecular formula is C21H19FN2O3S. The smallest absolute Gasteiger partial charge is 0.258 e. The van der Waals surface area contributed by atoms with E-state index in [9.17, 15) is 17.6 Å². The summed E-state index contributed by atoms with van der Waals surface area (Å²) in [7, 11) is -3.77. The molecule has 1 aliphatic rings. The van der Waals surface area contributed by atoms with Crippen molar-refractivity contribution in [2.45, 2.75) is 18.2 Å². The van der Waals surface area contributed by atoms with Crippen LogP contribution in [0.2, 0.25) is 0 Å². The predicted molar refractivity (Wildman–Crippen MR) is 107 cm³/mol. The monoisotopic (exact) mass is 398 g/mol. The topological polar surface area (TPSA) is 66.5 Å². The molecule has 1 N–H and O–H groups in total. The van der Waals surface area contributed by atoms with E-state index in [1.165, 1.54) is 12.1 Å². The van der Waals surface area contributed by atoms with Gasteiger partial charge in [0.15, 0.2) is 0 Å². The molecular weight excluding hydrogens is 379 g/mol. The van der Waals surface area contributed by atoms with Crippen molar-refractivity contribution in [3.8, 4) is 0 Å². The SMILES string of the molecule is CCN1C(=O)c2cccc3c(S(=O)(=O)NCCc4ccc(F)cc4)ccc1c23. The molecule has 0 saturated heterocycles. The summed E-state index contributed by atoms with van der Waals surface area (Å²) >= 11 is 0. The predicted octanol–water partition coefficient (Wildman–Crippen LogP) is 3.48. The summed E-state index contributed by atoms with van der Waals surface area (Å²) in [5.41, 5.74) is 2.11. The molecule has 0 spiro atoms. The highest BCUT2D eigenvalue weighted by molar-refractivity contribution is 7.89. The first-order valence-electron chi connectivity index (χ1n) is 9.04. The van der Waals surface area contributed by atoms with Crippen LogP contribution in [0.3, 0.4) is 0 Å². The molecule has 4 rings (SSSR count). The Hall–Kier alpha value is -2.77. The van der Waals surface area contributed by atoms with Crippen molar-refractivity contribution >= 4 is 32.4 Å². The van der Waals surface area contributed by atoms with Crippen molar-refractivity contribution in [1.82, 2.24) is 4.72 Å². The van der Waals surface area contributed by atoms with Gasteiger partial charge in [0.2, 0.25) is 10.0 Å². The van der Waals surface area contributed by atoms with E-state index in [2.05, 4.69) is 4.72 Å². The molecule has 0 aliphatic carbocycles. The number of anilines is 1. The molecule has 3 aromatic carbocycles. The van der Waals surface area contributed by atoms with Crippen LogP contribution in [0.4, 0.5) is 10.1 Å². The summed E-state index contributed by atoms with van der Waals surface area (Å²) in [5.74, 6) is -0.435. The standard InChI is InChI=1S/C21H19FN2O3S/c1-2-24-18-10-11-19(16-4-3-5-17(20(16)18)21(24)25)28(26,27)23-13-12-14-6-8-15(22)9-7-14/h3-11,23H,2,12-13H2,1H3. The average Bonchev–Trinajstić information content (AvgIpc) is 2.96. The van der Waals surface area contributed by atoms with Crippen LogP contribution < -0.4 is 9.62 Å². The molecule has 0 radical (unpaired) electrons. The Bertz CT molecular complexity index is 1170. The summed E-state index contributed by atoms with van der Waals surface area (Å²) in [5, 5.41) is 1.21. The highest BCUT2D eigenvalue weighted by Crippen LogP contribution is 2.39. The van der Waals surface area contributed by atoms with E-state index in [-0.39, 0.29) is 23.2 Å². The van der Waals surface area contributed by atoms with Crippen LogP contribution in [-0.4, -0.2) is 27.4 Å². The van der Waals surface area contributed by atoms with Crippen molar-refractivity contribution in [2.75, 3.05) is 18.0 Å². The lowest BCUT2D eigenvalue weighted by Crippen LogP contribution is -2.26. The normalized spacial score (nSPS) is 13.5. The number of hydrogen-bond acceptors (Lipinski definition) is 3. The lowest BCUT2D eigenvalue weighted by Gasteiger charge is -2.15. The van der Waals surface area contributed by atoms with Crippen molar-refractivity contribution in [3.63, 3.8) is 0 Å². The van der Waals surface area contributed by atoms with E-state index in [1.54, 1.807) is 47.4 Å². The van der Waals surface area contributed by atoms with Crippen LogP contribution in [-0.2, 0) is 16.4 Å². The molecule has 144 valence electrons. The molecule has 0 bridgehead atoms. The molecule has 1 amide bonds. The van der Waals surface area contributed by atoms with Gasteiger partial charge in [0.05, 0.1) is 10.6 Å². The zero-order valence-electron chi connectivity index (χ0n) is 15.3. The van der Waals surface area contributed by atoms with Gasteiger partial charge < -0.3 is 4.90 Å². The highest BCUT2D eigenvalue weighted by Gasteiger charge is 2.31. The number of nitrogens with one attached hydrogen (secondary N) is 1. The van der Waals surface area contributed by atoms with Crippen LogP contribution in [0.1, 0.15) is 22.8 Å². The molecule has 0 unspecified atom stereocenters. The van der Waals surface area contributed by atoms with E-state index < -0.39 is 10.0 Å². The van der Waals surface area contributed by atoms with Gasteiger partial charge in [-0.3, -0.25) is 4.79 Å². The number of hydrogen-bond donors (Lipinski definition) is 1. The molecule has 1 heterocycles. The van der Waals surface area contributed by atoms with Gasteiger partial charge in [-0.1, -0.05) is 24.3 Å². The number of amides is 1. The number of rotatable bonds is 6. The van der Waals surface area contributed by atoms with Gasteiger partial charge >= 0.3 is 0 Å². The number of carbonyl (C=O) groups is 1. The maximum Gasteiger partial charge on any atom is 0.258 e. The first kappa shape index (κ1) is 18.6. The summed E-state index contributed by atoms with van der Waals surface area (Å²) in [6, 6.07) is 14.4. The van der Waals surface area contributed by atoms with Crippen LogP contribution in [0.25, 0.3) is 10.8 Å². The number of halogens is 1. The lowest BCUT2D eigenvalue weighted by atomic mass is 10.1. The minimum absolute atomic E-state index is 0.109. The van der Waals surface area contributed by atoms with Gasteiger partial charge in [-0.15, -0.1) is 0 Å². The largest absolute Gasteiger partial charge is 0.308 e. The van der Waals surface area contributed by atoms with Gasteiger partial charge in [-0.2, -0.15) is 0 Å². The van der Waals surface area contributed by atoms with Gasteiger partial charge in [-0.25, -0.2) is 17.5 Å². The Balaban J connectivity index is 1.64. The number of sulfonamides is 1. The maximum atomic E-state index is 13.0. The van der Waals surface area contributed by atoms with E-state index in [0.29, 0.717) is 29.3 Å². The number of nitrogens with zero attached hydrogens (tertiary/aromatic N) is 1. The zero-order valence-corrected chi connectivity index (χ0v) is 16.1. The fourth-order valence-corrected chi connectivity index (χ4v) is 4.86. The maximum absolute atomic E-state index is 13.0. The fourth-order valence-electron chi connectivity index (χ4n) is 3.63. The van der Waals surface area contributed by atoms with E-state index in [4.69, 9.17) is 0 Å². The number of benzene rings is 3. The second-order valence-electron chi connectivity index (χ2n) is 6.63. The second-order valence-corrected chi connectivity index (χ2v) is 8.37. The quantitative estimate of drug-likeness (QED) is 0.691. The summed E-state index contributed by atoms with van der Waals surface area (Å²) in [4.78, 5) is 14.4. The van der Waals surface area contributed by atoms with Crippen LogP contribution in [0, 0.1) is 5.82 Å². The van der Waals surface area contributed by atoms with Crippen molar-refractivity contribution in [1.29, 1.82) is 0 Å². The van der Waals surface area contributed by atoms with E-state index in [0.717, 1.165) is 11.3 Å². The van der Waals surface area contributed by atoms with Crippen LogP contribution >= 0.6 is 0 Å². The molecule has 1 aliphatic heterocycles. The van der Waals surface area contributed by atoms with Crippen molar-refractivity contribution in [3.05, 3.63) is 71.5 Å². The summed E-state index contributed by atoms with van der Waals surface area (Å²) < 4.78 is 41.4. The van der Waals surface area contributed by atoms with E-state index in [1.807, 2.05) is 6.92 Å².